The molecule has 3 aromatic rings. The summed E-state index contributed by atoms with van der Waals surface area (Å²) in [6.07, 6.45) is 0.314. The van der Waals surface area contributed by atoms with Crippen LogP contribution in [0, 0.1) is 11.7 Å². The number of aliphatic hydroxyl groups excluding tert-OH is 1. The lowest BCUT2D eigenvalue weighted by molar-refractivity contribution is 0.0257. The molecule has 34 heavy (non-hydrogen) atoms. The first kappa shape index (κ1) is 22.8. The van der Waals surface area contributed by atoms with Gasteiger partial charge in [-0.1, -0.05) is 0 Å². The van der Waals surface area contributed by atoms with Gasteiger partial charge in [-0.25, -0.2) is 9.37 Å². The van der Waals surface area contributed by atoms with Crippen LogP contribution in [0.1, 0.15) is 12.1 Å². The van der Waals surface area contributed by atoms with Crippen molar-refractivity contribution in [2.75, 3.05) is 44.6 Å². The van der Waals surface area contributed by atoms with Crippen LogP contribution >= 0.6 is 0 Å². The number of pyridine rings is 2. The Balaban J connectivity index is 1.17. The van der Waals surface area contributed by atoms with Crippen LogP contribution in [0.3, 0.4) is 0 Å². The number of anilines is 1. The van der Waals surface area contributed by atoms with Crippen molar-refractivity contribution in [3.63, 3.8) is 0 Å². The summed E-state index contributed by atoms with van der Waals surface area (Å²) in [6.45, 7) is 5.31. The third-order valence-corrected chi connectivity index (χ3v) is 6.65. The topological polar surface area (TPSA) is 91.7 Å². The molecule has 0 bridgehead atoms. The van der Waals surface area contributed by atoms with E-state index in [1.165, 1.54) is 18.2 Å². The fourth-order valence-electron chi connectivity index (χ4n) is 4.78. The van der Waals surface area contributed by atoms with Crippen molar-refractivity contribution in [3.05, 3.63) is 64.3 Å². The number of nitrogens with one attached hydrogen (secondary N) is 2. The van der Waals surface area contributed by atoms with Gasteiger partial charge in [0.25, 0.3) is 5.56 Å². The van der Waals surface area contributed by atoms with Crippen molar-refractivity contribution in [1.82, 2.24) is 19.8 Å². The summed E-state index contributed by atoms with van der Waals surface area (Å²) in [5.41, 5.74) is 1.40. The van der Waals surface area contributed by atoms with Crippen molar-refractivity contribution >= 4 is 16.7 Å². The number of aromatic nitrogens is 2. The largest absolute Gasteiger partial charge is 0.488 e. The normalized spacial score (nSPS) is 20.5. The molecule has 180 valence electrons. The Hall–Kier alpha value is -3.01. The molecular weight excluding hydrogens is 437 g/mol. The second-order valence-electron chi connectivity index (χ2n) is 9.00. The van der Waals surface area contributed by atoms with Crippen LogP contribution in [-0.4, -0.2) is 65.0 Å². The van der Waals surface area contributed by atoms with E-state index in [0.29, 0.717) is 44.7 Å². The lowest BCUT2D eigenvalue weighted by atomic mass is 9.94. The number of likely N-dealkylation sites (tertiary alicyclic amines) is 1. The van der Waals surface area contributed by atoms with Crippen molar-refractivity contribution < 1.29 is 14.2 Å². The van der Waals surface area contributed by atoms with Gasteiger partial charge >= 0.3 is 0 Å². The van der Waals surface area contributed by atoms with E-state index in [0.717, 1.165) is 42.3 Å². The quantitative estimate of drug-likeness (QED) is 0.488. The van der Waals surface area contributed by atoms with Crippen LogP contribution < -0.4 is 20.9 Å². The molecule has 1 aromatic carbocycles. The van der Waals surface area contributed by atoms with E-state index < -0.39 is 0 Å². The average Bonchev–Trinajstić information content (AvgIpc) is 2.85. The summed E-state index contributed by atoms with van der Waals surface area (Å²) >= 11 is 0. The minimum Gasteiger partial charge on any atom is -0.488 e. The van der Waals surface area contributed by atoms with Crippen molar-refractivity contribution in [2.24, 2.45) is 5.92 Å². The number of fused-ring (bicyclic) bond motifs is 2. The highest BCUT2D eigenvalue weighted by atomic mass is 19.1. The Morgan fingerprint density at radius 1 is 1.21 bits per heavy atom. The van der Waals surface area contributed by atoms with Crippen molar-refractivity contribution in [1.29, 1.82) is 0 Å². The van der Waals surface area contributed by atoms with Gasteiger partial charge in [-0.15, -0.1) is 0 Å². The molecule has 4 heterocycles. The van der Waals surface area contributed by atoms with Gasteiger partial charge in [0.15, 0.2) is 11.6 Å². The summed E-state index contributed by atoms with van der Waals surface area (Å²) in [6, 6.07) is 11.7. The summed E-state index contributed by atoms with van der Waals surface area (Å²) < 4.78 is 21.0. The van der Waals surface area contributed by atoms with Crippen molar-refractivity contribution in [2.45, 2.75) is 25.6 Å². The summed E-state index contributed by atoms with van der Waals surface area (Å²) in [4.78, 5) is 19.3. The highest BCUT2D eigenvalue weighted by Gasteiger charge is 2.27. The first-order chi connectivity index (χ1) is 16.6. The molecule has 2 aliphatic rings. The minimum atomic E-state index is -0.371. The van der Waals surface area contributed by atoms with E-state index in [1.54, 1.807) is 16.7 Å². The van der Waals surface area contributed by atoms with Gasteiger partial charge in [0.05, 0.1) is 23.9 Å². The van der Waals surface area contributed by atoms with E-state index in [4.69, 9.17) is 4.74 Å². The molecular formula is C25H30FN5O3. The molecule has 8 nitrogen and oxygen atoms in total. The fourth-order valence-corrected chi connectivity index (χ4v) is 4.78. The third-order valence-electron chi connectivity index (χ3n) is 6.65. The molecule has 0 unspecified atom stereocenters. The zero-order valence-corrected chi connectivity index (χ0v) is 19.0. The van der Waals surface area contributed by atoms with Crippen molar-refractivity contribution in [3.8, 4) is 5.75 Å². The van der Waals surface area contributed by atoms with Gasteiger partial charge < -0.3 is 29.9 Å². The number of aliphatic hydroxyl groups is 1. The van der Waals surface area contributed by atoms with Gasteiger partial charge in [-0.3, -0.25) is 4.79 Å². The predicted octanol–water partition coefficient (Wildman–Crippen LogP) is 1.81. The fraction of sp³-hybridized carbons (Fsp3) is 0.440. The maximum atomic E-state index is 13.8. The molecule has 0 aliphatic carbocycles. The SMILES string of the molecule is O=c1ccc2ccc(F)cc2n1CCN1CC[C@H](O)[C@H](CNCc2ccc3c(n2)NCCO3)C1. The number of ether oxygens (including phenoxy) is 1. The zero-order valence-electron chi connectivity index (χ0n) is 19.0. The van der Waals surface area contributed by atoms with Gasteiger partial charge in [0, 0.05) is 51.3 Å². The van der Waals surface area contributed by atoms with E-state index in [-0.39, 0.29) is 23.4 Å². The van der Waals surface area contributed by atoms with E-state index >= 15 is 0 Å². The molecule has 2 aromatic heterocycles. The highest BCUT2D eigenvalue weighted by molar-refractivity contribution is 5.78. The molecule has 1 saturated heterocycles. The maximum absolute atomic E-state index is 13.8. The minimum absolute atomic E-state index is 0.0783. The van der Waals surface area contributed by atoms with Gasteiger partial charge in [0.2, 0.25) is 0 Å². The number of benzene rings is 1. The Morgan fingerprint density at radius 3 is 3.00 bits per heavy atom. The standard InChI is InChI=1S/C25H30FN5O3/c26-19-3-1-17-2-6-24(33)31(21(17)13-19)11-10-30-9-7-22(32)18(16-30)14-27-15-20-4-5-23-25(29-20)28-8-12-34-23/h1-6,13,18,22,27,32H,7-12,14-16H2,(H,28,29)/t18-,22+/m1/s1. The van der Waals surface area contributed by atoms with E-state index in [9.17, 15) is 14.3 Å². The molecule has 0 spiro atoms. The molecule has 0 saturated carbocycles. The Labute approximate surface area is 197 Å². The Morgan fingerprint density at radius 2 is 2.09 bits per heavy atom. The average molecular weight is 468 g/mol. The van der Waals surface area contributed by atoms with Crippen LogP contribution in [0.5, 0.6) is 5.75 Å². The summed E-state index contributed by atoms with van der Waals surface area (Å²) in [5, 5.41) is 18.1. The number of nitrogens with zero attached hydrogens (tertiary/aromatic N) is 3. The highest BCUT2D eigenvalue weighted by Crippen LogP contribution is 2.25. The van der Waals surface area contributed by atoms with Crippen LogP contribution in [0.2, 0.25) is 0 Å². The number of hydrogen-bond acceptors (Lipinski definition) is 7. The molecule has 2 atom stereocenters. The van der Waals surface area contributed by atoms with Gasteiger partial charge in [0.1, 0.15) is 12.4 Å². The van der Waals surface area contributed by atoms with E-state index in [2.05, 4.69) is 20.5 Å². The molecule has 2 aliphatic heterocycles. The summed E-state index contributed by atoms with van der Waals surface area (Å²) in [7, 11) is 0. The Kier molecular flexibility index (Phi) is 6.75. The molecule has 0 radical (unpaired) electrons. The zero-order chi connectivity index (χ0) is 23.5. The molecule has 9 heteroatoms. The Bertz CT molecular complexity index is 1220. The van der Waals surface area contributed by atoms with Gasteiger partial charge in [-0.2, -0.15) is 0 Å². The number of halogens is 1. The van der Waals surface area contributed by atoms with Crippen LogP contribution in [0.15, 0.2) is 47.3 Å². The number of hydrogen-bond donors (Lipinski definition) is 3. The molecule has 5 rings (SSSR count). The second-order valence-corrected chi connectivity index (χ2v) is 9.00. The molecule has 3 N–H and O–H groups in total. The van der Waals surface area contributed by atoms with Gasteiger partial charge in [-0.05, 0) is 48.2 Å². The van der Waals surface area contributed by atoms with Crippen LogP contribution in [-0.2, 0) is 13.1 Å². The third kappa shape index (κ3) is 5.06. The summed E-state index contributed by atoms with van der Waals surface area (Å²) in [5.74, 6) is 1.28. The first-order valence-electron chi connectivity index (χ1n) is 11.8. The number of rotatable bonds is 7. The first-order valence-corrected chi connectivity index (χ1v) is 11.8. The molecule has 1 fully saturated rings. The lowest BCUT2D eigenvalue weighted by Gasteiger charge is -2.36. The monoisotopic (exact) mass is 467 g/mol. The van der Waals surface area contributed by atoms with E-state index in [1.807, 2.05) is 12.1 Å². The van der Waals surface area contributed by atoms with Crippen LogP contribution in [0.4, 0.5) is 10.2 Å². The lowest BCUT2D eigenvalue weighted by Crippen LogP contribution is -2.48. The smallest absolute Gasteiger partial charge is 0.251 e. The predicted molar refractivity (Wildman–Crippen MR) is 129 cm³/mol. The number of piperidine rings is 1. The van der Waals surface area contributed by atoms with Crippen LogP contribution in [0.25, 0.3) is 10.9 Å². The second kappa shape index (κ2) is 10.1. The molecule has 0 amide bonds. The maximum Gasteiger partial charge on any atom is 0.251 e.